The Bertz CT molecular complexity index is 1190. The molecular weight excluding hydrogens is 464 g/mol. The fourth-order valence-corrected chi connectivity index (χ4v) is 4.95. The van der Waals surface area contributed by atoms with Gasteiger partial charge in [0.1, 0.15) is 11.4 Å². The SMILES string of the molecule is CCC(C)CC(CC)C1CN(C(=O)c2ccc(CCOc3cc(-c4ccccc4O)nnc3N)cc2)C1. The molecule has 0 radical (unpaired) electrons. The van der Waals surface area contributed by atoms with Crippen LogP contribution in [0.1, 0.15) is 56.0 Å². The summed E-state index contributed by atoms with van der Waals surface area (Å²) < 4.78 is 5.88. The van der Waals surface area contributed by atoms with Crippen molar-refractivity contribution in [3.63, 3.8) is 0 Å². The summed E-state index contributed by atoms with van der Waals surface area (Å²) in [6.07, 6.45) is 4.32. The number of nitrogen functional groups attached to an aromatic ring is 1. The van der Waals surface area contributed by atoms with Crippen molar-refractivity contribution in [2.24, 2.45) is 17.8 Å². The van der Waals surface area contributed by atoms with Crippen molar-refractivity contribution in [1.82, 2.24) is 15.1 Å². The monoisotopic (exact) mass is 502 g/mol. The summed E-state index contributed by atoms with van der Waals surface area (Å²) in [5.41, 5.74) is 8.80. The first-order chi connectivity index (χ1) is 17.9. The molecule has 7 nitrogen and oxygen atoms in total. The number of nitrogens with zero attached hydrogens (tertiary/aromatic N) is 3. The zero-order chi connectivity index (χ0) is 26.4. The number of aromatic hydroxyl groups is 1. The number of likely N-dealkylation sites (tertiary alicyclic amines) is 1. The van der Waals surface area contributed by atoms with Crippen molar-refractivity contribution in [3.05, 3.63) is 65.7 Å². The molecule has 0 bridgehead atoms. The van der Waals surface area contributed by atoms with Crippen LogP contribution >= 0.6 is 0 Å². The molecule has 1 saturated heterocycles. The Hall–Kier alpha value is -3.61. The lowest BCUT2D eigenvalue weighted by Crippen LogP contribution is -2.52. The maximum absolute atomic E-state index is 12.9. The number of phenolic OH excluding ortho intramolecular Hbond substituents is 1. The van der Waals surface area contributed by atoms with Crippen molar-refractivity contribution in [3.8, 4) is 22.8 Å². The van der Waals surface area contributed by atoms with Gasteiger partial charge in [0.25, 0.3) is 5.91 Å². The number of hydrogen-bond donors (Lipinski definition) is 2. The quantitative estimate of drug-likeness (QED) is 0.355. The highest BCUT2D eigenvalue weighted by molar-refractivity contribution is 5.94. The van der Waals surface area contributed by atoms with Crippen molar-refractivity contribution < 1.29 is 14.6 Å². The molecule has 2 aromatic carbocycles. The molecule has 1 amide bonds. The molecule has 0 saturated carbocycles. The number of anilines is 1. The van der Waals surface area contributed by atoms with E-state index >= 15 is 0 Å². The molecule has 2 heterocycles. The number of hydrogen-bond acceptors (Lipinski definition) is 6. The van der Waals surface area contributed by atoms with Gasteiger partial charge < -0.3 is 20.5 Å². The molecule has 0 spiro atoms. The van der Waals surface area contributed by atoms with Gasteiger partial charge in [0, 0.05) is 36.7 Å². The fraction of sp³-hybridized carbons (Fsp3) is 0.433. The molecule has 2 unspecified atom stereocenters. The fourth-order valence-electron chi connectivity index (χ4n) is 4.95. The summed E-state index contributed by atoms with van der Waals surface area (Å²) in [5.74, 6) is 2.93. The largest absolute Gasteiger partial charge is 0.507 e. The van der Waals surface area contributed by atoms with E-state index in [0.717, 1.165) is 30.1 Å². The second-order valence-corrected chi connectivity index (χ2v) is 10.2. The van der Waals surface area contributed by atoms with Crippen LogP contribution in [0.2, 0.25) is 0 Å². The van der Waals surface area contributed by atoms with E-state index < -0.39 is 0 Å². The van der Waals surface area contributed by atoms with Gasteiger partial charge in [-0.3, -0.25) is 4.79 Å². The lowest BCUT2D eigenvalue weighted by molar-refractivity contribution is 0.0321. The second kappa shape index (κ2) is 12.1. The van der Waals surface area contributed by atoms with E-state index in [1.165, 1.54) is 19.3 Å². The predicted molar refractivity (Wildman–Crippen MR) is 146 cm³/mol. The van der Waals surface area contributed by atoms with E-state index in [4.69, 9.17) is 10.5 Å². The van der Waals surface area contributed by atoms with E-state index in [2.05, 4.69) is 31.0 Å². The number of rotatable bonds is 11. The Morgan fingerprint density at radius 1 is 1.11 bits per heavy atom. The zero-order valence-corrected chi connectivity index (χ0v) is 22.1. The van der Waals surface area contributed by atoms with E-state index in [1.807, 2.05) is 35.2 Å². The van der Waals surface area contributed by atoms with Crippen molar-refractivity contribution in [2.75, 3.05) is 25.4 Å². The molecule has 37 heavy (non-hydrogen) atoms. The number of carbonyl (C=O) groups excluding carboxylic acids is 1. The molecule has 196 valence electrons. The van der Waals surface area contributed by atoms with Crippen molar-refractivity contribution >= 4 is 11.7 Å². The Kier molecular flexibility index (Phi) is 8.64. The smallest absolute Gasteiger partial charge is 0.253 e. The van der Waals surface area contributed by atoms with E-state index in [9.17, 15) is 9.90 Å². The van der Waals surface area contributed by atoms with Crippen LogP contribution in [0.4, 0.5) is 5.82 Å². The molecule has 1 aliphatic heterocycles. The number of benzene rings is 2. The number of phenols is 1. The Balaban J connectivity index is 1.28. The number of para-hydroxylation sites is 1. The minimum Gasteiger partial charge on any atom is -0.507 e. The highest BCUT2D eigenvalue weighted by atomic mass is 16.5. The van der Waals surface area contributed by atoms with E-state index in [0.29, 0.717) is 41.9 Å². The van der Waals surface area contributed by atoms with E-state index in [1.54, 1.807) is 24.3 Å². The Morgan fingerprint density at radius 2 is 1.84 bits per heavy atom. The Morgan fingerprint density at radius 3 is 2.51 bits per heavy atom. The van der Waals surface area contributed by atoms with Crippen LogP contribution in [0.15, 0.2) is 54.6 Å². The molecule has 1 aliphatic rings. The maximum Gasteiger partial charge on any atom is 0.253 e. The van der Waals surface area contributed by atoms with Gasteiger partial charge in [0.05, 0.1) is 6.61 Å². The molecule has 3 N–H and O–H groups in total. The summed E-state index contributed by atoms with van der Waals surface area (Å²) in [5, 5.41) is 18.1. The minimum atomic E-state index is 0.116. The third-order valence-corrected chi connectivity index (χ3v) is 7.61. The van der Waals surface area contributed by atoms with Gasteiger partial charge in [-0.15, -0.1) is 10.2 Å². The number of nitrogens with two attached hydrogens (primary N) is 1. The van der Waals surface area contributed by atoms with E-state index in [-0.39, 0.29) is 17.5 Å². The molecular formula is C30H38N4O3. The van der Waals surface area contributed by atoms with Crippen molar-refractivity contribution in [1.29, 1.82) is 0 Å². The summed E-state index contributed by atoms with van der Waals surface area (Å²) >= 11 is 0. The highest BCUT2D eigenvalue weighted by Crippen LogP contribution is 2.33. The summed E-state index contributed by atoms with van der Waals surface area (Å²) in [6.45, 7) is 8.98. The van der Waals surface area contributed by atoms with Crippen LogP contribution in [0, 0.1) is 17.8 Å². The van der Waals surface area contributed by atoms with Gasteiger partial charge in [-0.25, -0.2) is 0 Å². The molecule has 7 heteroatoms. The van der Waals surface area contributed by atoms with Crippen LogP contribution in [0.5, 0.6) is 11.5 Å². The van der Waals surface area contributed by atoms with Gasteiger partial charge in [0.15, 0.2) is 11.6 Å². The highest BCUT2D eigenvalue weighted by Gasteiger charge is 2.35. The minimum absolute atomic E-state index is 0.116. The molecule has 2 atom stereocenters. The third kappa shape index (κ3) is 6.40. The lowest BCUT2D eigenvalue weighted by Gasteiger charge is -2.44. The van der Waals surface area contributed by atoms with Crippen LogP contribution in [-0.2, 0) is 6.42 Å². The number of aromatic nitrogens is 2. The first-order valence-electron chi connectivity index (χ1n) is 13.3. The lowest BCUT2D eigenvalue weighted by atomic mass is 9.78. The maximum atomic E-state index is 12.9. The standard InChI is InChI=1S/C30H38N4O3/c1-4-20(3)16-22(5-2)24-18-34(19-24)30(36)23-12-10-21(11-13-23)14-15-37-28-17-26(32-33-29(28)31)25-8-6-7-9-27(25)35/h6-13,17,20,22,24,35H,4-5,14-16,18-19H2,1-3H3,(H2,31,33). The van der Waals surface area contributed by atoms with Gasteiger partial charge in [-0.2, -0.15) is 0 Å². The summed E-state index contributed by atoms with van der Waals surface area (Å²) in [7, 11) is 0. The topological polar surface area (TPSA) is 102 Å². The van der Waals surface area contributed by atoms with Gasteiger partial charge >= 0.3 is 0 Å². The number of carbonyl (C=O) groups is 1. The van der Waals surface area contributed by atoms with Crippen LogP contribution in [0.3, 0.4) is 0 Å². The molecule has 0 aliphatic carbocycles. The molecule has 4 rings (SSSR count). The third-order valence-electron chi connectivity index (χ3n) is 7.61. The van der Waals surface area contributed by atoms with Crippen molar-refractivity contribution in [2.45, 2.75) is 46.5 Å². The van der Waals surface area contributed by atoms with Gasteiger partial charge in [0.2, 0.25) is 0 Å². The zero-order valence-electron chi connectivity index (χ0n) is 22.1. The van der Waals surface area contributed by atoms with Gasteiger partial charge in [-0.05, 0) is 54.0 Å². The first kappa shape index (κ1) is 26.5. The normalized spacial score (nSPS) is 15.2. The molecule has 1 aromatic heterocycles. The average Bonchev–Trinajstić information content (AvgIpc) is 2.88. The van der Waals surface area contributed by atoms with Crippen LogP contribution in [-0.4, -0.2) is 45.8 Å². The average molecular weight is 503 g/mol. The van der Waals surface area contributed by atoms with Crippen LogP contribution in [0.25, 0.3) is 11.3 Å². The number of amides is 1. The number of ether oxygens (including phenoxy) is 1. The second-order valence-electron chi connectivity index (χ2n) is 10.2. The molecule has 1 fully saturated rings. The molecule has 3 aromatic rings. The summed E-state index contributed by atoms with van der Waals surface area (Å²) in [6, 6.07) is 16.4. The van der Waals surface area contributed by atoms with Crippen LogP contribution < -0.4 is 10.5 Å². The summed E-state index contributed by atoms with van der Waals surface area (Å²) in [4.78, 5) is 14.9. The predicted octanol–water partition coefficient (Wildman–Crippen LogP) is 5.59. The Labute approximate surface area is 219 Å². The van der Waals surface area contributed by atoms with Gasteiger partial charge in [-0.1, -0.05) is 57.9 Å². The first-order valence-corrected chi connectivity index (χ1v) is 13.3.